The van der Waals surface area contributed by atoms with Crippen molar-refractivity contribution in [2.45, 2.75) is 74.5 Å². The van der Waals surface area contributed by atoms with Crippen LogP contribution in [0.4, 0.5) is 0 Å². The van der Waals surface area contributed by atoms with Gasteiger partial charge in [-0.2, -0.15) is 0 Å². The van der Waals surface area contributed by atoms with Gasteiger partial charge >= 0.3 is 0 Å². The van der Waals surface area contributed by atoms with Gasteiger partial charge < -0.3 is 15.3 Å². The lowest BCUT2D eigenvalue weighted by Gasteiger charge is -2.42. The zero-order valence-corrected chi connectivity index (χ0v) is 27.5. The summed E-state index contributed by atoms with van der Waals surface area (Å²) in [4.78, 5) is 4.76. The number of nitrogens with zero attached hydrogens (tertiary/aromatic N) is 2. The van der Waals surface area contributed by atoms with Crippen LogP contribution in [0, 0.1) is 6.92 Å². The molecule has 4 atom stereocenters. The predicted molar refractivity (Wildman–Crippen MR) is 189 cm³/mol. The Hall–Kier alpha value is -4.26. The number of aliphatic hydroxyl groups is 2. The molecule has 2 saturated heterocycles. The third-order valence-electron chi connectivity index (χ3n) is 11.6. The minimum absolute atomic E-state index is 0.149. The van der Waals surface area contributed by atoms with Crippen LogP contribution < -0.4 is 0 Å². The number of phenols is 1. The normalized spacial score (nSPS) is 23.8. The summed E-state index contributed by atoms with van der Waals surface area (Å²) in [5.74, 6) is 0.318. The Morgan fingerprint density at radius 2 is 1.15 bits per heavy atom. The van der Waals surface area contributed by atoms with E-state index in [2.05, 4.69) is 28.9 Å². The van der Waals surface area contributed by atoms with Gasteiger partial charge in [0.05, 0.1) is 5.54 Å². The van der Waals surface area contributed by atoms with Crippen molar-refractivity contribution in [1.29, 1.82) is 0 Å². The van der Waals surface area contributed by atoms with E-state index in [4.69, 9.17) is 0 Å². The van der Waals surface area contributed by atoms with Crippen molar-refractivity contribution < 1.29 is 15.3 Å². The molecule has 48 heavy (non-hydrogen) atoms. The molecule has 5 aromatic rings. The molecule has 2 heterocycles. The van der Waals surface area contributed by atoms with Crippen LogP contribution >= 0.6 is 0 Å². The summed E-state index contributed by atoms with van der Waals surface area (Å²) in [6.45, 7) is 4.04. The monoisotopic (exact) mass is 636 g/mol. The summed E-state index contributed by atoms with van der Waals surface area (Å²) in [6.07, 6.45) is 3.75. The van der Waals surface area contributed by atoms with Crippen molar-refractivity contribution in [2.75, 3.05) is 6.54 Å². The van der Waals surface area contributed by atoms with Crippen LogP contribution in [0.3, 0.4) is 0 Å². The maximum Gasteiger partial charge on any atom is 0.134 e. The molecular weight excluding hydrogens is 592 g/mol. The van der Waals surface area contributed by atoms with Crippen LogP contribution in [-0.2, 0) is 24.3 Å². The van der Waals surface area contributed by atoms with Crippen molar-refractivity contribution in [2.24, 2.45) is 0 Å². The average Bonchev–Trinajstić information content (AvgIpc) is 3.37. The molecule has 2 aliphatic heterocycles. The van der Waals surface area contributed by atoms with Crippen LogP contribution in [0.5, 0.6) is 5.75 Å². The quantitative estimate of drug-likeness (QED) is 0.141. The number of hydrogen-bond donors (Lipinski definition) is 3. The second-order valence-corrected chi connectivity index (χ2v) is 14.1. The number of fused-ring (bicyclic) bond motifs is 1. The highest BCUT2D eigenvalue weighted by Crippen LogP contribution is 2.67. The Balaban J connectivity index is 1.10. The zero-order chi connectivity index (χ0) is 32.9. The van der Waals surface area contributed by atoms with Crippen molar-refractivity contribution in [3.63, 3.8) is 0 Å². The number of aromatic hydroxyl groups is 1. The van der Waals surface area contributed by atoms with Gasteiger partial charge in [0.15, 0.2) is 0 Å². The van der Waals surface area contributed by atoms with Crippen molar-refractivity contribution in [1.82, 2.24) is 9.80 Å². The highest BCUT2D eigenvalue weighted by molar-refractivity contribution is 5.51. The first-order valence-electron chi connectivity index (χ1n) is 17.4. The largest absolute Gasteiger partial charge is 0.507 e. The highest BCUT2D eigenvalue weighted by Gasteiger charge is 2.78. The molecule has 0 radical (unpaired) electrons. The van der Waals surface area contributed by atoms with E-state index in [-0.39, 0.29) is 12.1 Å². The van der Waals surface area contributed by atoms with E-state index in [1.807, 2.05) is 121 Å². The second-order valence-electron chi connectivity index (χ2n) is 14.1. The average molecular weight is 637 g/mol. The topological polar surface area (TPSA) is 66.9 Å². The van der Waals surface area contributed by atoms with Gasteiger partial charge in [-0.3, -0.25) is 9.80 Å². The van der Waals surface area contributed by atoms with Gasteiger partial charge in [0, 0.05) is 36.3 Å². The molecule has 3 N–H and O–H groups in total. The third-order valence-corrected chi connectivity index (χ3v) is 11.6. The van der Waals surface area contributed by atoms with Crippen LogP contribution in [0.25, 0.3) is 0 Å². The minimum atomic E-state index is -1.19. The molecule has 5 heteroatoms. The molecule has 0 aromatic heterocycles. The Labute approximate surface area is 283 Å². The molecular formula is C43H44N2O3. The number of phenolic OH excluding ortho intramolecular Hbond substituents is 1. The van der Waals surface area contributed by atoms with Gasteiger partial charge in [0.1, 0.15) is 17.0 Å². The Kier molecular flexibility index (Phi) is 7.77. The van der Waals surface area contributed by atoms with E-state index in [9.17, 15) is 15.3 Å². The minimum Gasteiger partial charge on any atom is -0.507 e. The molecule has 0 spiro atoms. The second kappa shape index (κ2) is 12.0. The van der Waals surface area contributed by atoms with E-state index in [0.29, 0.717) is 18.8 Å². The number of rotatable bonds is 10. The lowest BCUT2D eigenvalue weighted by Crippen LogP contribution is -2.50. The zero-order valence-electron chi connectivity index (χ0n) is 27.5. The van der Waals surface area contributed by atoms with Crippen molar-refractivity contribution in [3.05, 3.63) is 172 Å². The van der Waals surface area contributed by atoms with Gasteiger partial charge in [0.25, 0.3) is 0 Å². The standard InChI is InChI=1S/C43H44N2O3/c1-31-27-32(29-44-26-14-23-39(44)42(47,34-15-6-2-7-16-34)35-17-8-3-9-18-35)40(46)33(28-31)30-45-38-24-25-41(38,45)43(48,36-19-10-4-11-20-36)37-21-12-5-13-22-37/h2-13,15-22,27-28,38-39,46-48H,14,23-26,29-30H2,1H3. The smallest absolute Gasteiger partial charge is 0.134 e. The Bertz CT molecular complexity index is 1780. The lowest BCUT2D eigenvalue weighted by molar-refractivity contribution is -0.00675. The first kappa shape index (κ1) is 31.0. The molecule has 4 unspecified atom stereocenters. The van der Waals surface area contributed by atoms with E-state index >= 15 is 0 Å². The van der Waals surface area contributed by atoms with E-state index in [1.54, 1.807) is 0 Å². The van der Waals surface area contributed by atoms with Gasteiger partial charge in [-0.1, -0.05) is 139 Å². The van der Waals surface area contributed by atoms with Crippen LogP contribution in [0.1, 0.15) is 64.6 Å². The fraction of sp³-hybridized carbons (Fsp3) is 0.302. The number of hydrogen-bond acceptors (Lipinski definition) is 5. The van der Waals surface area contributed by atoms with Crippen LogP contribution in [0.15, 0.2) is 133 Å². The fourth-order valence-electron chi connectivity index (χ4n) is 9.21. The molecule has 5 nitrogen and oxygen atoms in total. The lowest BCUT2D eigenvalue weighted by atomic mass is 9.66. The molecule has 5 aromatic carbocycles. The number of benzene rings is 5. The number of likely N-dealkylation sites (tertiary alicyclic amines) is 2. The van der Waals surface area contributed by atoms with Gasteiger partial charge in [-0.15, -0.1) is 0 Å². The van der Waals surface area contributed by atoms with Gasteiger partial charge in [-0.25, -0.2) is 0 Å². The van der Waals surface area contributed by atoms with Gasteiger partial charge in [-0.05, 0) is 61.4 Å². The van der Waals surface area contributed by atoms with E-state index < -0.39 is 16.7 Å². The van der Waals surface area contributed by atoms with Crippen molar-refractivity contribution >= 4 is 0 Å². The maximum atomic E-state index is 12.8. The van der Waals surface area contributed by atoms with Crippen LogP contribution in [-0.4, -0.2) is 49.3 Å². The van der Waals surface area contributed by atoms with E-state index in [1.165, 1.54) is 0 Å². The molecule has 3 fully saturated rings. The Morgan fingerprint density at radius 1 is 0.667 bits per heavy atom. The summed E-state index contributed by atoms with van der Waals surface area (Å²) in [6, 6.07) is 44.4. The maximum absolute atomic E-state index is 12.8. The first-order valence-corrected chi connectivity index (χ1v) is 17.4. The number of aryl methyl sites for hydroxylation is 1. The Morgan fingerprint density at radius 3 is 1.62 bits per heavy atom. The van der Waals surface area contributed by atoms with Crippen molar-refractivity contribution in [3.8, 4) is 5.75 Å². The highest BCUT2D eigenvalue weighted by atomic mass is 16.3. The summed E-state index contributed by atoms with van der Waals surface area (Å²) in [5.41, 5.74) is 3.67. The summed E-state index contributed by atoms with van der Waals surface area (Å²) in [5, 5.41) is 37.3. The van der Waals surface area contributed by atoms with E-state index in [0.717, 1.165) is 71.2 Å². The molecule has 8 rings (SSSR count). The predicted octanol–water partition coefficient (Wildman–Crippen LogP) is 7.25. The van der Waals surface area contributed by atoms with Gasteiger partial charge in [0.2, 0.25) is 0 Å². The molecule has 0 amide bonds. The molecule has 1 aliphatic carbocycles. The third kappa shape index (κ3) is 4.75. The molecule has 1 saturated carbocycles. The first-order chi connectivity index (χ1) is 23.4. The molecule has 244 valence electrons. The fourth-order valence-corrected chi connectivity index (χ4v) is 9.21. The SMILES string of the molecule is Cc1cc(CN2CCCC2C(O)(c2ccccc2)c2ccccc2)c(O)c(CN2C3CCC32C(O)(c2ccccc2)c2ccccc2)c1. The summed E-state index contributed by atoms with van der Waals surface area (Å²) < 4.78 is 0. The summed E-state index contributed by atoms with van der Waals surface area (Å²) in [7, 11) is 0. The molecule has 0 bridgehead atoms. The van der Waals surface area contributed by atoms with Crippen LogP contribution in [0.2, 0.25) is 0 Å². The molecule has 3 aliphatic rings. The summed E-state index contributed by atoms with van der Waals surface area (Å²) >= 11 is 0.